The molecule has 57 heavy (non-hydrogen) atoms. The van der Waals surface area contributed by atoms with Crippen LogP contribution in [0.2, 0.25) is 0 Å². The van der Waals surface area contributed by atoms with Crippen molar-refractivity contribution in [2.24, 2.45) is 17.6 Å². The summed E-state index contributed by atoms with van der Waals surface area (Å²) in [5.74, 6) is -2.88. The summed E-state index contributed by atoms with van der Waals surface area (Å²) >= 11 is 0. The van der Waals surface area contributed by atoms with Crippen LogP contribution in [0.25, 0.3) is 0 Å². The first kappa shape index (κ1) is 52.9. The number of nitrogens with two attached hydrogens (primary N) is 1. The second kappa shape index (κ2) is 32.7. The van der Waals surface area contributed by atoms with Crippen LogP contribution in [0.5, 0.6) is 0 Å². The maximum atomic E-state index is 12.6. The maximum absolute atomic E-state index is 12.6. The topological polar surface area (TPSA) is 232 Å². The number of hydrogen-bond donors (Lipinski definition) is 6. The van der Waals surface area contributed by atoms with Crippen LogP contribution in [-0.2, 0) is 37.5 Å². The summed E-state index contributed by atoms with van der Waals surface area (Å²) in [5, 5.41) is 40.2. The van der Waals surface area contributed by atoms with E-state index in [4.69, 9.17) is 24.8 Å². The number of ether oxygens (including phenoxy) is 2. The first-order valence-corrected chi connectivity index (χ1v) is 23.1. The van der Waals surface area contributed by atoms with Gasteiger partial charge in [0.1, 0.15) is 12.6 Å². The molecule has 0 aromatic rings. The molecule has 14 nitrogen and oxygen atoms in total. The van der Waals surface area contributed by atoms with Crippen LogP contribution < -0.4 is 5.73 Å². The van der Waals surface area contributed by atoms with Gasteiger partial charge in [-0.25, -0.2) is 4.57 Å². The molecule has 1 saturated carbocycles. The highest BCUT2D eigenvalue weighted by Gasteiger charge is 2.39. The van der Waals surface area contributed by atoms with Crippen molar-refractivity contribution in [3.63, 3.8) is 0 Å². The Morgan fingerprint density at radius 1 is 0.754 bits per heavy atom. The molecule has 1 rings (SSSR count). The highest BCUT2D eigenvalue weighted by Crippen LogP contribution is 2.43. The highest BCUT2D eigenvalue weighted by atomic mass is 31.2. The molecule has 1 aliphatic carbocycles. The predicted molar refractivity (Wildman–Crippen MR) is 219 cm³/mol. The fourth-order valence-corrected chi connectivity index (χ4v) is 7.58. The van der Waals surface area contributed by atoms with Crippen LogP contribution in [0.3, 0.4) is 0 Å². The van der Waals surface area contributed by atoms with Crippen molar-refractivity contribution in [2.45, 2.75) is 192 Å². The molecule has 0 spiro atoms. The molecule has 0 aromatic heterocycles. The minimum Gasteiger partial charge on any atom is -0.480 e. The monoisotopic (exact) mass is 834 g/mol. The summed E-state index contributed by atoms with van der Waals surface area (Å²) in [7, 11) is -4.77. The third kappa shape index (κ3) is 27.3. The second-order valence-electron chi connectivity index (χ2n) is 15.4. The van der Waals surface area contributed by atoms with E-state index in [1.807, 2.05) is 6.08 Å². The zero-order chi connectivity index (χ0) is 42.3. The average molecular weight is 834 g/mol. The Labute approximate surface area is 341 Å². The minimum absolute atomic E-state index is 0.0943. The van der Waals surface area contributed by atoms with Gasteiger partial charge < -0.3 is 40.5 Å². The molecular weight excluding hydrogens is 757 g/mol. The van der Waals surface area contributed by atoms with E-state index in [1.165, 1.54) is 25.7 Å². The predicted octanol–water partition coefficient (Wildman–Crippen LogP) is 7.44. The summed E-state index contributed by atoms with van der Waals surface area (Å²) in [6.07, 6.45) is 24.6. The molecule has 0 aromatic carbocycles. The van der Waals surface area contributed by atoms with Crippen molar-refractivity contribution in [1.82, 2.24) is 0 Å². The summed E-state index contributed by atoms with van der Waals surface area (Å²) in [5.41, 5.74) is 5.32. The number of esters is 2. The Morgan fingerprint density at radius 3 is 1.96 bits per heavy atom. The number of phosphoric ester groups is 1. The Kier molecular flexibility index (Phi) is 30.3. The van der Waals surface area contributed by atoms with Gasteiger partial charge in [0, 0.05) is 25.2 Å². The van der Waals surface area contributed by atoms with Gasteiger partial charge in [-0.2, -0.15) is 0 Å². The molecule has 0 saturated heterocycles. The highest BCUT2D eigenvalue weighted by molar-refractivity contribution is 7.47. The summed E-state index contributed by atoms with van der Waals surface area (Å²) in [6.45, 7) is 2.46. The van der Waals surface area contributed by atoms with E-state index in [0.29, 0.717) is 32.1 Å². The zero-order valence-electron chi connectivity index (χ0n) is 34.8. The SMILES string of the molecule is CCCCCC/C=C\CCCCCCCC(=O)O[C@H](COC(=O)CCCCCC[C@@H]1[C@@H](/C=C/[C@@H](O)CCCCC)[C@H](O)C[C@@H]1O)COP(=O)(O)OC[C@H](N)C(=O)O. The van der Waals surface area contributed by atoms with E-state index in [0.717, 1.165) is 77.0 Å². The first-order valence-electron chi connectivity index (χ1n) is 21.6. The third-order valence-corrected chi connectivity index (χ3v) is 11.2. The Morgan fingerprint density at radius 2 is 1.32 bits per heavy atom. The minimum atomic E-state index is -4.77. The van der Waals surface area contributed by atoms with Gasteiger partial charge in [-0.3, -0.25) is 23.4 Å². The van der Waals surface area contributed by atoms with Gasteiger partial charge >= 0.3 is 25.7 Å². The molecule has 1 fully saturated rings. The molecule has 1 unspecified atom stereocenters. The number of carboxylic acid groups (broad SMARTS) is 1. The Balaban J connectivity index is 2.49. The van der Waals surface area contributed by atoms with Crippen molar-refractivity contribution >= 4 is 25.7 Å². The second-order valence-corrected chi connectivity index (χ2v) is 16.9. The zero-order valence-corrected chi connectivity index (χ0v) is 35.7. The summed E-state index contributed by atoms with van der Waals surface area (Å²) in [6, 6.07) is -1.55. The fraction of sp³-hybridized carbons (Fsp3) is 0.833. The molecular formula is C42H76NO13P. The molecule has 0 aliphatic heterocycles. The Bertz CT molecular complexity index is 1180. The van der Waals surface area contributed by atoms with Gasteiger partial charge in [0.05, 0.1) is 31.5 Å². The number of rotatable bonds is 36. The number of carbonyl (C=O) groups excluding carboxylic acids is 2. The number of phosphoric acid groups is 1. The van der Waals surface area contributed by atoms with Crippen LogP contribution in [0.4, 0.5) is 0 Å². The molecule has 0 bridgehead atoms. The quantitative estimate of drug-likeness (QED) is 0.0156. The van der Waals surface area contributed by atoms with Crippen LogP contribution >= 0.6 is 7.82 Å². The van der Waals surface area contributed by atoms with Crippen LogP contribution in [0.1, 0.15) is 162 Å². The van der Waals surface area contributed by atoms with E-state index in [1.54, 1.807) is 6.08 Å². The molecule has 0 amide bonds. The fourth-order valence-electron chi connectivity index (χ4n) is 6.80. The molecule has 15 heteroatoms. The van der Waals surface area contributed by atoms with Crippen LogP contribution in [-0.4, -0.2) is 93.5 Å². The molecule has 0 heterocycles. The molecule has 8 atom stereocenters. The van der Waals surface area contributed by atoms with Gasteiger partial charge in [-0.15, -0.1) is 0 Å². The number of aliphatic hydroxyl groups is 3. The number of carboxylic acids is 1. The number of aliphatic carboxylic acids is 1. The van der Waals surface area contributed by atoms with Gasteiger partial charge in [-0.05, 0) is 57.3 Å². The van der Waals surface area contributed by atoms with Crippen molar-refractivity contribution in [3.8, 4) is 0 Å². The molecule has 7 N–H and O–H groups in total. The van der Waals surface area contributed by atoms with Crippen molar-refractivity contribution in [2.75, 3.05) is 19.8 Å². The standard InChI is InChI=1S/C42H76NO13P/c1-3-5-7-8-9-10-11-12-13-14-15-16-22-26-41(48)56-34(31-54-57(51,52)55-32-37(43)42(49)50)30-53-40(47)25-21-18-17-20-24-35-36(39(46)29-38(35)45)28-27-33(44)23-19-6-4-2/h10-11,27-28,33-39,44-46H,3-9,12-26,29-32,43H2,1-2H3,(H,49,50)(H,51,52)/b11-10-,28-27+/t33-,34+,35+,36+,37-,38-,39+/m0/s1. The van der Waals surface area contributed by atoms with E-state index in [-0.39, 0.29) is 24.7 Å². The lowest BCUT2D eigenvalue weighted by molar-refractivity contribution is -0.161. The lowest BCUT2D eigenvalue weighted by Crippen LogP contribution is -2.34. The third-order valence-electron chi connectivity index (χ3n) is 10.3. The first-order chi connectivity index (χ1) is 27.3. The van der Waals surface area contributed by atoms with E-state index < -0.39 is 76.0 Å². The van der Waals surface area contributed by atoms with Crippen molar-refractivity contribution in [3.05, 3.63) is 24.3 Å². The van der Waals surface area contributed by atoms with Crippen LogP contribution in [0, 0.1) is 11.8 Å². The van der Waals surface area contributed by atoms with Crippen molar-refractivity contribution in [1.29, 1.82) is 0 Å². The van der Waals surface area contributed by atoms with Crippen molar-refractivity contribution < 1.29 is 62.8 Å². The number of allylic oxidation sites excluding steroid dienone is 2. The molecule has 332 valence electrons. The largest absolute Gasteiger partial charge is 0.480 e. The number of aliphatic hydroxyl groups excluding tert-OH is 3. The van der Waals surface area contributed by atoms with E-state index >= 15 is 0 Å². The van der Waals surface area contributed by atoms with E-state index in [2.05, 4.69) is 30.5 Å². The van der Waals surface area contributed by atoms with Gasteiger partial charge in [0.2, 0.25) is 0 Å². The number of hydrogen-bond acceptors (Lipinski definition) is 12. The lowest BCUT2D eigenvalue weighted by Gasteiger charge is -2.21. The normalized spacial score (nSPS) is 21.1. The van der Waals surface area contributed by atoms with Gasteiger partial charge in [0.25, 0.3) is 0 Å². The molecule has 1 aliphatic rings. The van der Waals surface area contributed by atoms with Gasteiger partial charge in [-0.1, -0.05) is 115 Å². The molecule has 0 radical (unpaired) electrons. The van der Waals surface area contributed by atoms with Gasteiger partial charge in [0.15, 0.2) is 6.10 Å². The maximum Gasteiger partial charge on any atom is 0.472 e. The van der Waals surface area contributed by atoms with E-state index in [9.17, 15) is 39.2 Å². The smallest absolute Gasteiger partial charge is 0.472 e. The Hall–Kier alpha value is -2.16. The average Bonchev–Trinajstić information content (AvgIpc) is 3.44. The summed E-state index contributed by atoms with van der Waals surface area (Å²) in [4.78, 5) is 46.1. The van der Waals surface area contributed by atoms with Crippen LogP contribution in [0.15, 0.2) is 24.3 Å². The number of unbranched alkanes of at least 4 members (excludes halogenated alkanes) is 14. The lowest BCUT2D eigenvalue weighted by atomic mass is 9.88. The summed E-state index contributed by atoms with van der Waals surface area (Å²) < 4.78 is 32.7. The number of carbonyl (C=O) groups is 3.